The first-order valence-electron chi connectivity index (χ1n) is 10.3. The highest BCUT2D eigenvalue weighted by Crippen LogP contribution is 2.39. The first-order valence-corrected chi connectivity index (χ1v) is 11.5. The quantitative estimate of drug-likeness (QED) is 0.557. The monoisotopic (exact) mass is 402 g/mol. The molecular formula is C22H27ClN2OS. The number of halogens is 1. The molecule has 1 amide bonds. The van der Waals surface area contributed by atoms with E-state index in [2.05, 4.69) is 0 Å². The maximum absolute atomic E-state index is 13.3. The highest BCUT2D eigenvalue weighted by Gasteiger charge is 2.39. The first-order chi connectivity index (χ1) is 13.2. The fourth-order valence-corrected chi connectivity index (χ4v) is 5.63. The molecule has 144 valence electrons. The lowest BCUT2D eigenvalue weighted by Gasteiger charge is -2.31. The Kier molecular flexibility index (Phi) is 6.24. The summed E-state index contributed by atoms with van der Waals surface area (Å²) in [5.41, 5.74) is 0.900. The summed E-state index contributed by atoms with van der Waals surface area (Å²) in [6.45, 7) is 0. The van der Waals surface area contributed by atoms with Gasteiger partial charge in [-0.2, -0.15) is 0 Å². The molecule has 0 N–H and O–H groups in total. The van der Waals surface area contributed by atoms with Gasteiger partial charge in [0.1, 0.15) is 0 Å². The van der Waals surface area contributed by atoms with Crippen LogP contribution in [-0.2, 0) is 4.79 Å². The summed E-state index contributed by atoms with van der Waals surface area (Å²) in [5.74, 6) is 0.112. The molecule has 1 aromatic carbocycles. The third-order valence-electron chi connectivity index (χ3n) is 5.84. The van der Waals surface area contributed by atoms with Crippen LogP contribution < -0.4 is 0 Å². The van der Waals surface area contributed by atoms with Crippen molar-refractivity contribution in [2.75, 3.05) is 0 Å². The number of hydrogen-bond donors (Lipinski definition) is 0. The molecule has 1 aromatic rings. The van der Waals surface area contributed by atoms with Crippen molar-refractivity contribution >= 4 is 40.5 Å². The Bertz CT molecular complexity index is 748. The van der Waals surface area contributed by atoms with Crippen LogP contribution in [0.25, 0.3) is 6.08 Å². The van der Waals surface area contributed by atoms with Gasteiger partial charge in [-0.15, -0.1) is 0 Å². The Morgan fingerprint density at radius 1 is 1.00 bits per heavy atom. The maximum Gasteiger partial charge on any atom is 0.267 e. The van der Waals surface area contributed by atoms with Crippen molar-refractivity contribution in [2.24, 2.45) is 4.99 Å². The molecular weight excluding hydrogens is 376 g/mol. The van der Waals surface area contributed by atoms with E-state index in [1.807, 2.05) is 35.2 Å². The van der Waals surface area contributed by atoms with Gasteiger partial charge in [-0.25, -0.2) is 0 Å². The summed E-state index contributed by atoms with van der Waals surface area (Å²) < 4.78 is 0. The van der Waals surface area contributed by atoms with E-state index < -0.39 is 0 Å². The van der Waals surface area contributed by atoms with Gasteiger partial charge in [0.25, 0.3) is 5.91 Å². The van der Waals surface area contributed by atoms with E-state index >= 15 is 0 Å². The number of benzene rings is 1. The highest BCUT2D eigenvalue weighted by atomic mass is 35.5. The molecule has 27 heavy (non-hydrogen) atoms. The molecule has 0 bridgehead atoms. The van der Waals surface area contributed by atoms with Gasteiger partial charge in [0, 0.05) is 11.1 Å². The van der Waals surface area contributed by atoms with Crippen LogP contribution in [0.15, 0.2) is 34.2 Å². The summed E-state index contributed by atoms with van der Waals surface area (Å²) in [6.07, 6.45) is 14.0. The second kappa shape index (κ2) is 8.83. The Balaban J connectivity index is 1.64. The van der Waals surface area contributed by atoms with E-state index in [0.717, 1.165) is 41.3 Å². The number of amides is 1. The van der Waals surface area contributed by atoms with E-state index in [1.165, 1.54) is 38.5 Å². The molecule has 0 unspecified atom stereocenters. The molecule has 5 heteroatoms. The van der Waals surface area contributed by atoms with Gasteiger partial charge in [0.15, 0.2) is 5.17 Å². The normalized spacial score (nSPS) is 25.7. The van der Waals surface area contributed by atoms with Crippen LogP contribution in [0.3, 0.4) is 0 Å². The first kappa shape index (κ1) is 19.1. The highest BCUT2D eigenvalue weighted by molar-refractivity contribution is 8.18. The van der Waals surface area contributed by atoms with Gasteiger partial charge >= 0.3 is 0 Å². The van der Waals surface area contributed by atoms with E-state index in [4.69, 9.17) is 16.6 Å². The zero-order chi connectivity index (χ0) is 18.6. The number of amidine groups is 1. The summed E-state index contributed by atoms with van der Waals surface area (Å²) in [5, 5.41) is 1.61. The number of hydrogen-bond acceptors (Lipinski definition) is 3. The van der Waals surface area contributed by atoms with Crippen molar-refractivity contribution in [1.29, 1.82) is 0 Å². The van der Waals surface area contributed by atoms with Gasteiger partial charge < -0.3 is 0 Å². The van der Waals surface area contributed by atoms with Gasteiger partial charge in [-0.1, -0.05) is 68.3 Å². The zero-order valence-electron chi connectivity index (χ0n) is 15.7. The number of rotatable bonds is 3. The SMILES string of the molecule is O=C1C(=Cc2ccccc2Cl)SC(=NC2CCCCC2)N1C1CCCCC1. The third-order valence-corrected chi connectivity index (χ3v) is 7.18. The van der Waals surface area contributed by atoms with Crippen LogP contribution in [0.4, 0.5) is 0 Å². The lowest BCUT2D eigenvalue weighted by atomic mass is 9.94. The van der Waals surface area contributed by atoms with E-state index in [9.17, 15) is 4.79 Å². The lowest BCUT2D eigenvalue weighted by molar-refractivity contribution is -0.124. The third kappa shape index (κ3) is 4.43. The summed E-state index contributed by atoms with van der Waals surface area (Å²) in [7, 11) is 0. The average Bonchev–Trinajstić information content (AvgIpc) is 3.00. The standard InChI is InChI=1S/C22H27ClN2OS/c23-19-14-8-7-9-16(19)15-20-21(26)25(18-12-5-2-6-13-18)22(27-20)24-17-10-3-1-4-11-17/h7-9,14-15,17-18H,1-6,10-13H2. The van der Waals surface area contributed by atoms with E-state index in [-0.39, 0.29) is 5.91 Å². The van der Waals surface area contributed by atoms with E-state index in [1.54, 1.807) is 11.8 Å². The molecule has 1 aliphatic heterocycles. The molecule has 4 rings (SSSR count). The number of aliphatic imine (C=N–C) groups is 1. The molecule has 2 aliphatic carbocycles. The number of carbonyl (C=O) groups excluding carboxylic acids is 1. The van der Waals surface area contributed by atoms with Crippen LogP contribution in [-0.4, -0.2) is 28.1 Å². The van der Waals surface area contributed by atoms with E-state index in [0.29, 0.717) is 17.1 Å². The van der Waals surface area contributed by atoms with Crippen molar-refractivity contribution in [3.63, 3.8) is 0 Å². The topological polar surface area (TPSA) is 32.7 Å². The summed E-state index contributed by atoms with van der Waals surface area (Å²) >= 11 is 7.87. The minimum atomic E-state index is 0.112. The molecule has 3 fully saturated rings. The summed E-state index contributed by atoms with van der Waals surface area (Å²) in [4.78, 5) is 21.1. The molecule has 2 saturated carbocycles. The minimum Gasteiger partial charge on any atom is -0.284 e. The second-order valence-corrected chi connectivity index (χ2v) is 9.22. The molecule has 3 nitrogen and oxygen atoms in total. The number of thioether (sulfide) groups is 1. The maximum atomic E-state index is 13.3. The Morgan fingerprint density at radius 3 is 2.37 bits per heavy atom. The van der Waals surface area contributed by atoms with Crippen LogP contribution in [0.1, 0.15) is 69.8 Å². The zero-order valence-corrected chi connectivity index (χ0v) is 17.3. The lowest BCUT2D eigenvalue weighted by Crippen LogP contribution is -2.41. The fourth-order valence-electron chi connectivity index (χ4n) is 4.34. The van der Waals surface area contributed by atoms with Crippen LogP contribution in [0, 0.1) is 0 Å². The van der Waals surface area contributed by atoms with Crippen LogP contribution in [0.2, 0.25) is 5.02 Å². The van der Waals surface area contributed by atoms with Crippen molar-refractivity contribution < 1.29 is 4.79 Å². The molecule has 0 radical (unpaired) electrons. The largest absolute Gasteiger partial charge is 0.284 e. The Morgan fingerprint density at radius 2 is 1.67 bits per heavy atom. The number of nitrogens with zero attached hydrogens (tertiary/aromatic N) is 2. The van der Waals surface area contributed by atoms with Crippen molar-refractivity contribution in [3.8, 4) is 0 Å². The molecule has 0 spiro atoms. The number of carbonyl (C=O) groups is 1. The Labute approximate surface area is 171 Å². The second-order valence-electron chi connectivity index (χ2n) is 7.80. The molecule has 1 heterocycles. The van der Waals surface area contributed by atoms with Gasteiger partial charge in [0.2, 0.25) is 0 Å². The molecule has 0 atom stereocenters. The summed E-state index contributed by atoms with van der Waals surface area (Å²) in [6, 6.07) is 8.38. The molecule has 0 aromatic heterocycles. The molecule has 1 saturated heterocycles. The smallest absolute Gasteiger partial charge is 0.267 e. The average molecular weight is 403 g/mol. The van der Waals surface area contributed by atoms with Crippen LogP contribution in [0.5, 0.6) is 0 Å². The predicted octanol–water partition coefficient (Wildman–Crippen LogP) is 6.28. The molecule has 3 aliphatic rings. The predicted molar refractivity (Wildman–Crippen MR) is 115 cm³/mol. The van der Waals surface area contributed by atoms with Crippen molar-refractivity contribution in [2.45, 2.75) is 76.3 Å². The van der Waals surface area contributed by atoms with Gasteiger partial charge in [-0.05, 0) is 55.2 Å². The van der Waals surface area contributed by atoms with Crippen molar-refractivity contribution in [3.05, 3.63) is 39.8 Å². The minimum absolute atomic E-state index is 0.112. The van der Waals surface area contributed by atoms with Crippen LogP contribution >= 0.6 is 23.4 Å². The van der Waals surface area contributed by atoms with Gasteiger partial charge in [-0.3, -0.25) is 14.7 Å². The fraction of sp³-hybridized carbons (Fsp3) is 0.545. The van der Waals surface area contributed by atoms with Crippen molar-refractivity contribution in [1.82, 2.24) is 4.90 Å². The Hall–Kier alpha value is -1.26. The van der Waals surface area contributed by atoms with Gasteiger partial charge in [0.05, 0.1) is 10.9 Å².